The van der Waals surface area contributed by atoms with Gasteiger partial charge in [-0.3, -0.25) is 14.5 Å². The Morgan fingerprint density at radius 3 is 2.49 bits per heavy atom. The lowest BCUT2D eigenvalue weighted by atomic mass is 10.0. The molecule has 0 aliphatic carbocycles. The summed E-state index contributed by atoms with van der Waals surface area (Å²) in [5.41, 5.74) is 3.34. The van der Waals surface area contributed by atoms with Gasteiger partial charge < -0.3 is 14.8 Å². The van der Waals surface area contributed by atoms with Crippen molar-refractivity contribution in [1.82, 2.24) is 0 Å². The molecule has 1 aliphatic rings. The van der Waals surface area contributed by atoms with Crippen molar-refractivity contribution >= 4 is 57.6 Å². The average Bonchev–Trinajstić information content (AvgIpc) is 3.16. The monoisotopic (exact) mass is 532 g/mol. The van der Waals surface area contributed by atoms with Gasteiger partial charge in [0.05, 0.1) is 17.2 Å². The maximum absolute atomic E-state index is 13.0. The Bertz CT molecular complexity index is 1340. The molecule has 4 rings (SSSR count). The van der Waals surface area contributed by atoms with Crippen molar-refractivity contribution in [2.45, 2.75) is 26.7 Å². The number of thiocarbonyl (C=S) groups is 1. The SMILES string of the molecule is CCOc1cc(/C=C2/SC(=S)N(c3ccccc3)C2=O)ccc1OCC(=O)Nc1ccccc1C(C)C. The summed E-state index contributed by atoms with van der Waals surface area (Å²) in [4.78, 5) is 27.7. The summed E-state index contributed by atoms with van der Waals surface area (Å²) < 4.78 is 12.1. The smallest absolute Gasteiger partial charge is 0.270 e. The van der Waals surface area contributed by atoms with Crippen LogP contribution < -0.4 is 19.7 Å². The van der Waals surface area contributed by atoms with Gasteiger partial charge >= 0.3 is 0 Å². The summed E-state index contributed by atoms with van der Waals surface area (Å²) in [6.45, 7) is 6.29. The van der Waals surface area contributed by atoms with Crippen LogP contribution in [0.1, 0.15) is 37.8 Å². The van der Waals surface area contributed by atoms with E-state index in [-0.39, 0.29) is 24.3 Å². The molecule has 0 aromatic heterocycles. The number of hydrogen-bond acceptors (Lipinski definition) is 6. The molecule has 3 aromatic rings. The molecule has 1 saturated heterocycles. The molecule has 8 heteroatoms. The number of thioether (sulfide) groups is 1. The summed E-state index contributed by atoms with van der Waals surface area (Å²) in [6, 6.07) is 22.4. The standard InChI is InChI=1S/C29H28N2O4S2/c1-4-34-25-16-20(17-26-28(33)31(29(36)37-26)21-10-6-5-7-11-21)14-15-24(25)35-18-27(32)30-23-13-9-8-12-22(23)19(2)3/h5-17,19H,4,18H2,1-3H3,(H,30,32)/b26-17+. The molecule has 0 atom stereocenters. The number of nitrogens with one attached hydrogen (secondary N) is 1. The molecule has 6 nitrogen and oxygen atoms in total. The molecule has 3 aromatic carbocycles. The molecule has 0 radical (unpaired) electrons. The van der Waals surface area contributed by atoms with Gasteiger partial charge in [-0.2, -0.15) is 0 Å². The number of carbonyl (C=O) groups is 2. The third-order valence-corrected chi connectivity index (χ3v) is 6.89. The Labute approximate surface area is 226 Å². The second-order valence-electron chi connectivity index (χ2n) is 8.57. The first kappa shape index (κ1) is 26.4. The van der Waals surface area contributed by atoms with Gasteiger partial charge in [0.25, 0.3) is 11.8 Å². The van der Waals surface area contributed by atoms with E-state index in [9.17, 15) is 9.59 Å². The van der Waals surface area contributed by atoms with Crippen LogP contribution in [0.3, 0.4) is 0 Å². The second kappa shape index (κ2) is 12.1. The highest BCUT2D eigenvalue weighted by Gasteiger charge is 2.33. The summed E-state index contributed by atoms with van der Waals surface area (Å²) in [5, 5.41) is 2.93. The van der Waals surface area contributed by atoms with Gasteiger partial charge in [-0.1, -0.05) is 80.3 Å². The highest BCUT2D eigenvalue weighted by atomic mass is 32.2. The fraction of sp³-hybridized carbons (Fsp3) is 0.207. The zero-order valence-corrected chi connectivity index (χ0v) is 22.5. The fourth-order valence-corrected chi connectivity index (χ4v) is 5.16. The first-order valence-electron chi connectivity index (χ1n) is 12.0. The quantitative estimate of drug-likeness (QED) is 0.246. The van der Waals surface area contributed by atoms with Crippen molar-refractivity contribution in [2.75, 3.05) is 23.4 Å². The van der Waals surface area contributed by atoms with Gasteiger partial charge in [0.2, 0.25) is 0 Å². The molecule has 0 saturated carbocycles. The van der Waals surface area contributed by atoms with Crippen molar-refractivity contribution in [1.29, 1.82) is 0 Å². The van der Waals surface area contributed by atoms with Gasteiger partial charge in [0.15, 0.2) is 22.4 Å². The number of ether oxygens (including phenoxy) is 2. The lowest BCUT2D eigenvalue weighted by Crippen LogP contribution is -2.27. The highest BCUT2D eigenvalue weighted by Crippen LogP contribution is 2.37. The number of anilines is 2. The maximum atomic E-state index is 13.0. The largest absolute Gasteiger partial charge is 0.490 e. The number of amides is 2. The van der Waals surface area contributed by atoms with Crippen LogP contribution in [0.2, 0.25) is 0 Å². The van der Waals surface area contributed by atoms with Crippen molar-refractivity contribution in [3.63, 3.8) is 0 Å². The Morgan fingerprint density at radius 1 is 1.03 bits per heavy atom. The van der Waals surface area contributed by atoms with Crippen molar-refractivity contribution in [3.05, 3.63) is 88.8 Å². The molecule has 37 heavy (non-hydrogen) atoms. The molecule has 2 amide bonds. The molecule has 190 valence electrons. The van der Waals surface area contributed by atoms with Gasteiger partial charge in [0, 0.05) is 5.69 Å². The minimum atomic E-state index is -0.260. The van der Waals surface area contributed by atoms with Crippen LogP contribution in [-0.4, -0.2) is 29.3 Å². The fourth-order valence-electron chi connectivity index (χ4n) is 3.86. The molecular weight excluding hydrogens is 504 g/mol. The van der Waals surface area contributed by atoms with E-state index in [1.54, 1.807) is 18.2 Å². The first-order valence-corrected chi connectivity index (χ1v) is 13.2. The van der Waals surface area contributed by atoms with Gasteiger partial charge in [-0.15, -0.1) is 0 Å². The summed E-state index contributed by atoms with van der Waals surface area (Å²) in [6.07, 6.45) is 1.78. The molecule has 0 unspecified atom stereocenters. The average molecular weight is 533 g/mol. The minimum Gasteiger partial charge on any atom is -0.490 e. The zero-order valence-electron chi connectivity index (χ0n) is 20.9. The van der Waals surface area contributed by atoms with Gasteiger partial charge in [-0.25, -0.2) is 0 Å². The Hall–Kier alpha value is -3.62. The lowest BCUT2D eigenvalue weighted by molar-refractivity contribution is -0.118. The Kier molecular flexibility index (Phi) is 8.63. The van der Waals surface area contributed by atoms with Crippen LogP contribution in [0, 0.1) is 0 Å². The van der Waals surface area contributed by atoms with Gasteiger partial charge in [-0.05, 0) is 60.4 Å². The molecule has 0 spiro atoms. The van der Waals surface area contributed by atoms with E-state index < -0.39 is 0 Å². The topological polar surface area (TPSA) is 67.9 Å². The van der Waals surface area contributed by atoms with Crippen molar-refractivity contribution < 1.29 is 19.1 Å². The molecule has 1 heterocycles. The van der Waals surface area contributed by atoms with E-state index in [4.69, 9.17) is 21.7 Å². The second-order valence-corrected chi connectivity index (χ2v) is 10.2. The van der Waals surface area contributed by atoms with Crippen LogP contribution in [0.25, 0.3) is 6.08 Å². The van der Waals surface area contributed by atoms with E-state index in [2.05, 4.69) is 19.2 Å². The van der Waals surface area contributed by atoms with Crippen LogP contribution in [0.4, 0.5) is 11.4 Å². The van der Waals surface area contributed by atoms with Crippen LogP contribution in [0.15, 0.2) is 77.7 Å². The minimum absolute atomic E-state index is 0.165. The normalized spacial score (nSPS) is 14.4. The lowest BCUT2D eigenvalue weighted by Gasteiger charge is -2.15. The predicted molar refractivity (Wildman–Crippen MR) is 154 cm³/mol. The number of nitrogens with zero attached hydrogens (tertiary/aromatic N) is 1. The van der Waals surface area contributed by atoms with Crippen molar-refractivity contribution in [3.8, 4) is 11.5 Å². The molecule has 1 fully saturated rings. The van der Waals surface area contributed by atoms with Gasteiger partial charge in [0.1, 0.15) is 0 Å². The Morgan fingerprint density at radius 2 is 1.76 bits per heavy atom. The number of para-hydroxylation sites is 2. The van der Waals surface area contributed by atoms with E-state index in [1.807, 2.05) is 67.6 Å². The number of hydrogen-bond donors (Lipinski definition) is 1. The third-order valence-electron chi connectivity index (χ3n) is 5.59. The first-order chi connectivity index (χ1) is 17.9. The summed E-state index contributed by atoms with van der Waals surface area (Å²) >= 11 is 6.71. The molecule has 0 bridgehead atoms. The van der Waals surface area contributed by atoms with E-state index in [0.717, 1.165) is 22.5 Å². The predicted octanol–water partition coefficient (Wildman–Crippen LogP) is 6.63. The molecule has 1 N–H and O–H groups in total. The number of rotatable bonds is 9. The summed E-state index contributed by atoms with van der Waals surface area (Å²) in [5.74, 6) is 0.790. The molecule has 1 aliphatic heterocycles. The molecular formula is C29H28N2O4S2. The van der Waals surface area contributed by atoms with Crippen LogP contribution >= 0.6 is 24.0 Å². The maximum Gasteiger partial charge on any atom is 0.270 e. The van der Waals surface area contributed by atoms with E-state index >= 15 is 0 Å². The third kappa shape index (κ3) is 6.39. The Balaban J connectivity index is 1.47. The number of benzene rings is 3. The zero-order chi connectivity index (χ0) is 26.4. The highest BCUT2D eigenvalue weighted by molar-refractivity contribution is 8.27. The number of carbonyl (C=O) groups excluding carboxylic acids is 2. The van der Waals surface area contributed by atoms with Crippen LogP contribution in [-0.2, 0) is 9.59 Å². The summed E-state index contributed by atoms with van der Waals surface area (Å²) in [7, 11) is 0. The van der Waals surface area contributed by atoms with Crippen LogP contribution in [0.5, 0.6) is 11.5 Å². The van der Waals surface area contributed by atoms with Crippen molar-refractivity contribution in [2.24, 2.45) is 0 Å². The van der Waals surface area contributed by atoms with E-state index in [1.165, 1.54) is 16.7 Å². The van der Waals surface area contributed by atoms with E-state index in [0.29, 0.717) is 27.3 Å².